The van der Waals surface area contributed by atoms with E-state index in [1.54, 1.807) is 20.1 Å². The zero-order valence-electron chi connectivity index (χ0n) is 17.5. The van der Waals surface area contributed by atoms with E-state index in [1.807, 2.05) is 36.4 Å². The van der Waals surface area contributed by atoms with Crippen LogP contribution in [-0.4, -0.2) is 43.6 Å². The molecule has 4 rings (SSSR count). The Morgan fingerprint density at radius 1 is 1.17 bits per heavy atom. The Kier molecular flexibility index (Phi) is 5.76. The number of carbonyl (C=O) groups is 2. The van der Waals surface area contributed by atoms with Gasteiger partial charge in [-0.05, 0) is 36.0 Å². The average Bonchev–Trinajstić information content (AvgIpc) is 3.39. The van der Waals surface area contributed by atoms with Gasteiger partial charge in [0.2, 0.25) is 0 Å². The number of carbonyl (C=O) groups excluding carboxylic acids is 2. The van der Waals surface area contributed by atoms with E-state index in [4.69, 9.17) is 9.47 Å². The molecule has 5 heteroatoms. The van der Waals surface area contributed by atoms with Crippen molar-refractivity contribution in [3.63, 3.8) is 0 Å². The van der Waals surface area contributed by atoms with Crippen molar-refractivity contribution < 1.29 is 24.2 Å². The highest BCUT2D eigenvalue weighted by Gasteiger charge is 2.45. The summed E-state index contributed by atoms with van der Waals surface area (Å²) in [6, 6.07) is 13.2. The standard InChI is InChI=1S/C25H28O5/c1-3-22(27)20-10-17(23(28)12-16-9-18(16)13-29-2)11-21-24(20)30-15-25(21,14-26)19-7-5-4-6-8-19/h4-8,10-11,16,18,26H,3,9,12-15H2,1-2H3/t16-,18-,25?/m1/s1. The number of fused-ring (bicyclic) bond motifs is 1. The second kappa shape index (κ2) is 8.32. The Bertz CT molecular complexity index is 952. The Morgan fingerprint density at radius 2 is 1.93 bits per heavy atom. The summed E-state index contributed by atoms with van der Waals surface area (Å²) in [5.41, 5.74) is 1.81. The molecule has 0 aromatic heterocycles. The second-order valence-electron chi connectivity index (χ2n) is 8.41. The average molecular weight is 408 g/mol. The molecule has 3 atom stereocenters. The van der Waals surface area contributed by atoms with Gasteiger partial charge in [-0.2, -0.15) is 0 Å². The molecule has 1 N–H and O–H groups in total. The van der Waals surface area contributed by atoms with Crippen LogP contribution in [0, 0.1) is 11.8 Å². The van der Waals surface area contributed by atoms with Crippen molar-refractivity contribution in [2.45, 2.75) is 31.6 Å². The highest BCUT2D eigenvalue weighted by Crippen LogP contribution is 2.47. The first-order valence-corrected chi connectivity index (χ1v) is 10.6. The number of rotatable bonds is 9. The monoisotopic (exact) mass is 408 g/mol. The van der Waals surface area contributed by atoms with E-state index in [-0.39, 0.29) is 24.8 Å². The molecule has 0 spiro atoms. The van der Waals surface area contributed by atoms with Crippen LogP contribution in [0.4, 0.5) is 0 Å². The van der Waals surface area contributed by atoms with Gasteiger partial charge in [-0.25, -0.2) is 0 Å². The lowest BCUT2D eigenvalue weighted by atomic mass is 9.75. The van der Waals surface area contributed by atoms with Crippen LogP contribution >= 0.6 is 0 Å². The predicted molar refractivity (Wildman–Crippen MR) is 113 cm³/mol. The maximum Gasteiger partial charge on any atom is 0.166 e. The number of ether oxygens (including phenoxy) is 2. The van der Waals surface area contributed by atoms with Crippen LogP contribution in [0.25, 0.3) is 0 Å². The molecule has 2 aromatic carbocycles. The van der Waals surface area contributed by atoms with Crippen LogP contribution in [0.3, 0.4) is 0 Å². The van der Waals surface area contributed by atoms with E-state index >= 15 is 0 Å². The third-order valence-electron chi connectivity index (χ3n) is 6.50. The fraction of sp³-hybridized carbons (Fsp3) is 0.440. The van der Waals surface area contributed by atoms with Crippen LogP contribution in [0.1, 0.15) is 58.0 Å². The molecular weight excluding hydrogens is 380 g/mol. The predicted octanol–water partition coefficient (Wildman–Crippen LogP) is 3.81. The number of methoxy groups -OCH3 is 1. The largest absolute Gasteiger partial charge is 0.491 e. The van der Waals surface area contributed by atoms with Crippen LogP contribution in [-0.2, 0) is 10.2 Å². The van der Waals surface area contributed by atoms with Gasteiger partial charge in [-0.3, -0.25) is 9.59 Å². The Hall–Kier alpha value is -2.50. The van der Waals surface area contributed by atoms with Gasteiger partial charge in [-0.15, -0.1) is 0 Å². The maximum atomic E-state index is 13.1. The lowest BCUT2D eigenvalue weighted by Gasteiger charge is -2.26. The molecule has 5 nitrogen and oxygen atoms in total. The van der Waals surface area contributed by atoms with Crippen molar-refractivity contribution in [1.29, 1.82) is 0 Å². The molecule has 1 saturated carbocycles. The summed E-state index contributed by atoms with van der Waals surface area (Å²) < 4.78 is 11.2. The fourth-order valence-electron chi connectivity index (χ4n) is 4.52. The van der Waals surface area contributed by atoms with Crippen molar-refractivity contribution in [3.05, 3.63) is 64.7 Å². The van der Waals surface area contributed by atoms with Gasteiger partial charge in [0, 0.05) is 37.7 Å². The number of hydrogen-bond acceptors (Lipinski definition) is 5. The van der Waals surface area contributed by atoms with E-state index < -0.39 is 5.41 Å². The third-order valence-corrected chi connectivity index (χ3v) is 6.50. The molecule has 0 radical (unpaired) electrons. The normalized spacial score (nSPS) is 24.2. The summed E-state index contributed by atoms with van der Waals surface area (Å²) >= 11 is 0. The van der Waals surface area contributed by atoms with Crippen LogP contribution in [0.5, 0.6) is 5.75 Å². The number of Topliss-reactive ketones (excluding diaryl/α,β-unsaturated/α-hetero) is 2. The van der Waals surface area contributed by atoms with Gasteiger partial charge in [0.25, 0.3) is 0 Å². The first-order chi connectivity index (χ1) is 14.5. The Balaban J connectivity index is 1.75. The number of hydrogen-bond donors (Lipinski definition) is 1. The van der Waals surface area contributed by atoms with Gasteiger partial charge in [0.1, 0.15) is 12.4 Å². The number of aliphatic hydroxyl groups is 1. The summed E-state index contributed by atoms with van der Waals surface area (Å²) in [5.74, 6) is 1.24. The minimum absolute atomic E-state index is 0.0263. The zero-order chi connectivity index (χ0) is 21.3. The van der Waals surface area contributed by atoms with Gasteiger partial charge >= 0.3 is 0 Å². The Labute approximate surface area is 177 Å². The van der Waals surface area contributed by atoms with Gasteiger partial charge < -0.3 is 14.6 Å². The van der Waals surface area contributed by atoms with Crippen molar-refractivity contribution in [1.82, 2.24) is 0 Å². The van der Waals surface area contributed by atoms with Crippen LogP contribution < -0.4 is 4.74 Å². The van der Waals surface area contributed by atoms with Gasteiger partial charge in [0.15, 0.2) is 11.6 Å². The summed E-state index contributed by atoms with van der Waals surface area (Å²) in [5, 5.41) is 10.4. The zero-order valence-corrected chi connectivity index (χ0v) is 17.5. The molecule has 30 heavy (non-hydrogen) atoms. The highest BCUT2D eigenvalue weighted by molar-refractivity contribution is 6.04. The molecule has 1 fully saturated rings. The molecule has 1 aliphatic carbocycles. The molecule has 0 amide bonds. The lowest BCUT2D eigenvalue weighted by Crippen LogP contribution is -2.33. The fourth-order valence-corrected chi connectivity index (χ4v) is 4.52. The first-order valence-electron chi connectivity index (χ1n) is 10.6. The second-order valence-corrected chi connectivity index (χ2v) is 8.41. The van der Waals surface area contributed by atoms with E-state index in [0.717, 1.165) is 17.5 Å². The van der Waals surface area contributed by atoms with E-state index in [1.165, 1.54) is 0 Å². The molecule has 2 aliphatic rings. The third kappa shape index (κ3) is 3.57. The van der Waals surface area contributed by atoms with Crippen LogP contribution in [0.15, 0.2) is 42.5 Å². The van der Waals surface area contributed by atoms with E-state index in [9.17, 15) is 14.7 Å². The molecular formula is C25H28O5. The summed E-state index contributed by atoms with van der Waals surface area (Å²) in [7, 11) is 1.68. The number of ketones is 2. The molecule has 1 heterocycles. The summed E-state index contributed by atoms with van der Waals surface area (Å²) in [6.45, 7) is 2.55. The lowest BCUT2D eigenvalue weighted by molar-refractivity contribution is 0.0969. The van der Waals surface area contributed by atoms with Gasteiger partial charge in [0.05, 0.1) is 17.6 Å². The summed E-state index contributed by atoms with van der Waals surface area (Å²) in [6.07, 6.45) is 1.77. The van der Waals surface area contributed by atoms with E-state index in [2.05, 4.69) is 0 Å². The van der Waals surface area contributed by atoms with Crippen molar-refractivity contribution >= 4 is 11.6 Å². The SMILES string of the molecule is CCC(=O)c1cc(C(=O)C[C@H]2C[C@@H]2COC)cc2c1OCC2(CO)c1ccccc1. The Morgan fingerprint density at radius 3 is 2.60 bits per heavy atom. The van der Waals surface area contributed by atoms with Crippen molar-refractivity contribution in [2.75, 3.05) is 26.9 Å². The smallest absolute Gasteiger partial charge is 0.166 e. The molecule has 1 aliphatic heterocycles. The van der Waals surface area contributed by atoms with Crippen molar-refractivity contribution in [2.24, 2.45) is 11.8 Å². The molecule has 1 unspecified atom stereocenters. The summed E-state index contributed by atoms with van der Waals surface area (Å²) in [4.78, 5) is 25.8. The molecule has 2 aromatic rings. The van der Waals surface area contributed by atoms with Crippen LogP contribution in [0.2, 0.25) is 0 Å². The molecule has 0 bridgehead atoms. The quantitative estimate of drug-likeness (QED) is 0.639. The molecule has 0 saturated heterocycles. The van der Waals surface area contributed by atoms with E-state index in [0.29, 0.717) is 48.2 Å². The highest BCUT2D eigenvalue weighted by atomic mass is 16.5. The van der Waals surface area contributed by atoms with Crippen molar-refractivity contribution in [3.8, 4) is 5.75 Å². The first kappa shape index (κ1) is 20.8. The molecule has 158 valence electrons. The van der Waals surface area contributed by atoms with Gasteiger partial charge in [-0.1, -0.05) is 37.3 Å². The number of aliphatic hydroxyl groups excluding tert-OH is 1. The minimum atomic E-state index is -0.784. The topological polar surface area (TPSA) is 72.8 Å². The maximum absolute atomic E-state index is 13.1. The number of benzene rings is 2. The minimum Gasteiger partial charge on any atom is -0.491 e.